The molecule has 0 heterocycles. The summed E-state index contributed by atoms with van der Waals surface area (Å²) in [6, 6.07) is 4.72. The summed E-state index contributed by atoms with van der Waals surface area (Å²) in [6.45, 7) is 3.84. The van der Waals surface area contributed by atoms with Crippen LogP contribution in [-0.2, 0) is 4.79 Å². The lowest BCUT2D eigenvalue weighted by atomic mass is 9.94. The van der Waals surface area contributed by atoms with E-state index in [1.54, 1.807) is 12.1 Å². The maximum Gasteiger partial charge on any atom is 0.140 e. The van der Waals surface area contributed by atoms with Gasteiger partial charge < -0.3 is 0 Å². The summed E-state index contributed by atoms with van der Waals surface area (Å²) in [5, 5.41) is 0. The predicted octanol–water partition coefficient (Wildman–Crippen LogP) is 4.06. The molecular weight excluding hydrogens is 259 g/mol. The largest absolute Gasteiger partial charge is 0.299 e. The Kier molecular flexibility index (Phi) is 4.45. The van der Waals surface area contributed by atoms with Gasteiger partial charge in [-0.2, -0.15) is 0 Å². The summed E-state index contributed by atoms with van der Waals surface area (Å²) in [6.07, 6.45) is 1.43. The molecule has 0 aliphatic heterocycles. The van der Waals surface area contributed by atoms with E-state index in [0.29, 0.717) is 10.9 Å². The molecule has 0 saturated carbocycles. The zero-order valence-corrected chi connectivity index (χ0v) is 10.5. The Morgan fingerprint density at radius 2 is 2.20 bits per heavy atom. The van der Waals surface area contributed by atoms with Gasteiger partial charge in [-0.3, -0.25) is 4.79 Å². The Bertz CT molecular complexity index is 363. The van der Waals surface area contributed by atoms with Gasteiger partial charge in [-0.1, -0.05) is 19.9 Å². The van der Waals surface area contributed by atoms with Gasteiger partial charge in [0.1, 0.15) is 11.6 Å². The quantitative estimate of drug-likeness (QED) is 0.808. The fourth-order valence-electron chi connectivity index (χ4n) is 1.43. The van der Waals surface area contributed by atoms with E-state index in [4.69, 9.17) is 0 Å². The zero-order chi connectivity index (χ0) is 11.4. The lowest BCUT2D eigenvalue weighted by Crippen LogP contribution is -2.08. The second-order valence-corrected chi connectivity index (χ2v) is 4.47. The normalized spacial score (nSPS) is 12.5. The van der Waals surface area contributed by atoms with Crippen molar-refractivity contribution in [3.05, 3.63) is 34.1 Å². The molecule has 1 rings (SSSR count). The fraction of sp³-hybridized carbons (Fsp3) is 0.417. The second-order valence-electron chi connectivity index (χ2n) is 3.61. The molecule has 0 amide bonds. The average molecular weight is 273 g/mol. The van der Waals surface area contributed by atoms with Gasteiger partial charge >= 0.3 is 0 Å². The van der Waals surface area contributed by atoms with Crippen molar-refractivity contribution in [3.63, 3.8) is 0 Å². The van der Waals surface area contributed by atoms with E-state index in [2.05, 4.69) is 15.9 Å². The van der Waals surface area contributed by atoms with E-state index in [-0.39, 0.29) is 17.5 Å². The summed E-state index contributed by atoms with van der Waals surface area (Å²) in [4.78, 5) is 11.6. The number of Topliss-reactive ketones (excluding diaryl/α,β-unsaturated/α-hetero) is 1. The number of hydrogen-bond donors (Lipinski definition) is 0. The van der Waals surface area contributed by atoms with Crippen molar-refractivity contribution < 1.29 is 9.18 Å². The van der Waals surface area contributed by atoms with Crippen molar-refractivity contribution in [3.8, 4) is 0 Å². The monoisotopic (exact) mass is 272 g/mol. The second kappa shape index (κ2) is 5.40. The highest BCUT2D eigenvalue weighted by Crippen LogP contribution is 2.24. The third-order valence-corrected chi connectivity index (χ3v) is 3.03. The highest BCUT2D eigenvalue weighted by atomic mass is 79.9. The molecule has 15 heavy (non-hydrogen) atoms. The maximum absolute atomic E-state index is 13.0. The van der Waals surface area contributed by atoms with Gasteiger partial charge in [0.05, 0.1) is 4.47 Å². The molecule has 0 N–H and O–H groups in total. The molecule has 0 fully saturated rings. The topological polar surface area (TPSA) is 17.1 Å². The lowest BCUT2D eigenvalue weighted by Gasteiger charge is -2.10. The molecule has 1 aromatic carbocycles. The van der Waals surface area contributed by atoms with Crippen LogP contribution in [0.3, 0.4) is 0 Å². The first-order valence-electron chi connectivity index (χ1n) is 5.04. The van der Waals surface area contributed by atoms with Gasteiger partial charge in [0, 0.05) is 12.3 Å². The first kappa shape index (κ1) is 12.4. The molecule has 0 aliphatic carbocycles. The van der Waals surface area contributed by atoms with E-state index in [0.717, 1.165) is 12.0 Å². The zero-order valence-electron chi connectivity index (χ0n) is 8.89. The fourth-order valence-corrected chi connectivity index (χ4v) is 1.83. The molecule has 0 aliphatic rings. The summed E-state index contributed by atoms with van der Waals surface area (Å²) >= 11 is 3.12. The van der Waals surface area contributed by atoms with Crippen LogP contribution in [0.25, 0.3) is 0 Å². The lowest BCUT2D eigenvalue weighted by molar-refractivity contribution is -0.120. The number of carbonyl (C=O) groups is 1. The van der Waals surface area contributed by atoms with Gasteiger partial charge in [0.25, 0.3) is 0 Å². The van der Waals surface area contributed by atoms with E-state index in [9.17, 15) is 9.18 Å². The third kappa shape index (κ3) is 3.13. The van der Waals surface area contributed by atoms with Crippen LogP contribution in [-0.4, -0.2) is 5.78 Å². The molecule has 0 bridgehead atoms. The van der Waals surface area contributed by atoms with Crippen molar-refractivity contribution >= 4 is 21.7 Å². The standard InChI is InChI=1S/C12H14BrFO/c1-3-4-12(15)8(2)9-5-6-11(14)10(13)7-9/h5-8H,3-4H2,1-2H3. The SMILES string of the molecule is CCCC(=O)C(C)c1ccc(F)c(Br)c1. The predicted molar refractivity (Wildman–Crippen MR) is 62.4 cm³/mol. The number of halogens is 2. The molecule has 1 nitrogen and oxygen atoms in total. The Balaban J connectivity index is 2.86. The van der Waals surface area contributed by atoms with Gasteiger partial charge in [-0.15, -0.1) is 0 Å². The van der Waals surface area contributed by atoms with Crippen molar-refractivity contribution in [2.75, 3.05) is 0 Å². The number of rotatable bonds is 4. The number of ketones is 1. The minimum atomic E-state index is -0.297. The molecule has 1 atom stereocenters. The van der Waals surface area contributed by atoms with Crippen LogP contribution in [0.15, 0.2) is 22.7 Å². The minimum absolute atomic E-state index is 0.151. The Hall–Kier alpha value is -0.700. The summed E-state index contributed by atoms with van der Waals surface area (Å²) in [5.41, 5.74) is 0.863. The smallest absolute Gasteiger partial charge is 0.140 e. The van der Waals surface area contributed by atoms with Crippen LogP contribution in [0.5, 0.6) is 0 Å². The summed E-state index contributed by atoms with van der Waals surface area (Å²) < 4.78 is 13.4. The van der Waals surface area contributed by atoms with Crippen LogP contribution in [0.4, 0.5) is 4.39 Å². The first-order chi connectivity index (χ1) is 7.06. The van der Waals surface area contributed by atoms with Crippen LogP contribution in [0.2, 0.25) is 0 Å². The van der Waals surface area contributed by atoms with Crippen LogP contribution in [0.1, 0.15) is 38.2 Å². The number of carbonyl (C=O) groups excluding carboxylic acids is 1. The van der Waals surface area contributed by atoms with E-state index in [1.807, 2.05) is 13.8 Å². The van der Waals surface area contributed by atoms with Crippen LogP contribution in [0, 0.1) is 5.82 Å². The molecule has 1 unspecified atom stereocenters. The van der Waals surface area contributed by atoms with Crippen molar-refractivity contribution in [1.29, 1.82) is 0 Å². The molecule has 82 valence electrons. The van der Waals surface area contributed by atoms with E-state index < -0.39 is 0 Å². The maximum atomic E-state index is 13.0. The first-order valence-corrected chi connectivity index (χ1v) is 5.83. The highest BCUT2D eigenvalue weighted by Gasteiger charge is 2.15. The average Bonchev–Trinajstić information content (AvgIpc) is 2.21. The van der Waals surface area contributed by atoms with Gasteiger partial charge in [-0.25, -0.2) is 4.39 Å². The number of benzene rings is 1. The summed E-state index contributed by atoms with van der Waals surface area (Å²) in [5.74, 6) is -0.244. The highest BCUT2D eigenvalue weighted by molar-refractivity contribution is 9.10. The van der Waals surface area contributed by atoms with Gasteiger partial charge in [-0.05, 0) is 40.0 Å². The van der Waals surface area contributed by atoms with Crippen molar-refractivity contribution in [1.82, 2.24) is 0 Å². The van der Waals surface area contributed by atoms with E-state index in [1.165, 1.54) is 6.07 Å². The Morgan fingerprint density at radius 3 is 2.73 bits per heavy atom. The van der Waals surface area contributed by atoms with Crippen molar-refractivity contribution in [2.45, 2.75) is 32.6 Å². The van der Waals surface area contributed by atoms with E-state index >= 15 is 0 Å². The minimum Gasteiger partial charge on any atom is -0.299 e. The molecule has 0 spiro atoms. The molecule has 0 radical (unpaired) electrons. The van der Waals surface area contributed by atoms with Gasteiger partial charge in [0.2, 0.25) is 0 Å². The van der Waals surface area contributed by atoms with Crippen molar-refractivity contribution in [2.24, 2.45) is 0 Å². The molecule has 1 aromatic rings. The molecule has 0 saturated heterocycles. The number of hydrogen-bond acceptors (Lipinski definition) is 1. The Morgan fingerprint density at radius 1 is 1.53 bits per heavy atom. The molecule has 0 aromatic heterocycles. The summed E-state index contributed by atoms with van der Waals surface area (Å²) in [7, 11) is 0. The van der Waals surface area contributed by atoms with Crippen LogP contribution >= 0.6 is 15.9 Å². The molecular formula is C12H14BrFO. The third-order valence-electron chi connectivity index (χ3n) is 2.42. The van der Waals surface area contributed by atoms with Crippen LogP contribution < -0.4 is 0 Å². The Labute approximate surface area is 97.8 Å². The van der Waals surface area contributed by atoms with Gasteiger partial charge in [0.15, 0.2) is 0 Å². The molecule has 3 heteroatoms.